The second-order valence-corrected chi connectivity index (χ2v) is 7.95. The van der Waals surface area contributed by atoms with Crippen LogP contribution in [0.5, 0.6) is 5.75 Å². The number of ether oxygens (including phenoxy) is 2. The second kappa shape index (κ2) is 8.42. The van der Waals surface area contributed by atoms with E-state index in [-0.39, 0.29) is 49.4 Å². The zero-order chi connectivity index (χ0) is 23.0. The Kier molecular flexibility index (Phi) is 5.81. The van der Waals surface area contributed by atoms with E-state index in [1.807, 2.05) is 0 Å². The van der Waals surface area contributed by atoms with Gasteiger partial charge in [-0.3, -0.25) is 14.5 Å². The molecular formula is C22H22F3N3O4. The maximum atomic E-state index is 14.6. The molecule has 2 amide bonds. The summed E-state index contributed by atoms with van der Waals surface area (Å²) < 4.78 is 51.7. The number of methoxy groups -OCH3 is 1. The summed E-state index contributed by atoms with van der Waals surface area (Å²) in [5, 5.41) is 0. The Balaban J connectivity index is 1.61. The third-order valence-electron chi connectivity index (χ3n) is 5.68. The Bertz CT molecular complexity index is 1020. The standard InChI is InChI=1S/C22H22F3N3O4/c1-22(24,25)15-5-3-13(4-6-15)9-27-18(29)10-28(21(30)19(27)14-11-32-12-14)20-17(23)7-16(31-2)8-26-20/h3-8,14,19H,9-12H2,1-2H3. The van der Waals surface area contributed by atoms with Gasteiger partial charge < -0.3 is 14.4 Å². The number of nitrogens with zero attached hydrogens (tertiary/aromatic N) is 3. The third kappa shape index (κ3) is 4.14. The minimum atomic E-state index is -2.98. The lowest BCUT2D eigenvalue weighted by Gasteiger charge is -2.45. The molecule has 0 bridgehead atoms. The Morgan fingerprint density at radius 3 is 2.44 bits per heavy atom. The first kappa shape index (κ1) is 22.1. The van der Waals surface area contributed by atoms with Crippen molar-refractivity contribution in [3.63, 3.8) is 0 Å². The molecule has 2 aliphatic rings. The lowest BCUT2D eigenvalue weighted by molar-refractivity contribution is -0.155. The monoisotopic (exact) mass is 449 g/mol. The molecule has 0 aliphatic carbocycles. The summed E-state index contributed by atoms with van der Waals surface area (Å²) in [6.07, 6.45) is 1.27. The Labute approximate surface area is 182 Å². The van der Waals surface area contributed by atoms with Gasteiger partial charge in [0.2, 0.25) is 5.91 Å². The molecule has 3 heterocycles. The number of amides is 2. The van der Waals surface area contributed by atoms with E-state index in [0.29, 0.717) is 5.56 Å². The van der Waals surface area contributed by atoms with Crippen LogP contribution in [-0.4, -0.2) is 54.6 Å². The highest BCUT2D eigenvalue weighted by Crippen LogP contribution is 2.31. The molecule has 1 atom stereocenters. The number of pyridine rings is 1. The number of piperazine rings is 1. The highest BCUT2D eigenvalue weighted by atomic mass is 19.3. The number of alkyl halides is 2. The van der Waals surface area contributed by atoms with Gasteiger partial charge in [-0.2, -0.15) is 0 Å². The Hall–Kier alpha value is -3.14. The van der Waals surface area contributed by atoms with E-state index in [0.717, 1.165) is 17.9 Å². The van der Waals surface area contributed by atoms with Gasteiger partial charge in [0.25, 0.3) is 11.8 Å². The Morgan fingerprint density at radius 2 is 1.91 bits per heavy atom. The van der Waals surface area contributed by atoms with E-state index in [9.17, 15) is 22.8 Å². The minimum Gasteiger partial charge on any atom is -0.495 e. The number of halogens is 3. The molecule has 32 heavy (non-hydrogen) atoms. The number of benzene rings is 1. The van der Waals surface area contributed by atoms with E-state index >= 15 is 0 Å². The van der Waals surface area contributed by atoms with Crippen molar-refractivity contribution in [1.82, 2.24) is 9.88 Å². The molecule has 0 spiro atoms. The predicted octanol–water partition coefficient (Wildman–Crippen LogP) is 2.73. The number of carbonyl (C=O) groups is 2. The van der Waals surface area contributed by atoms with Crippen molar-refractivity contribution < 1.29 is 32.2 Å². The SMILES string of the molecule is COc1cnc(N2CC(=O)N(Cc3ccc(C(C)(F)F)cc3)C(C3COC3)C2=O)c(F)c1. The fourth-order valence-electron chi connectivity index (χ4n) is 3.83. The van der Waals surface area contributed by atoms with Crippen LogP contribution < -0.4 is 9.64 Å². The van der Waals surface area contributed by atoms with Crippen molar-refractivity contribution in [2.24, 2.45) is 5.92 Å². The largest absolute Gasteiger partial charge is 0.495 e. The van der Waals surface area contributed by atoms with Crippen LogP contribution in [0.25, 0.3) is 0 Å². The lowest BCUT2D eigenvalue weighted by atomic mass is 9.92. The summed E-state index contributed by atoms with van der Waals surface area (Å²) in [6.45, 7) is 1.06. The molecule has 1 unspecified atom stereocenters. The molecule has 0 N–H and O–H groups in total. The van der Waals surface area contributed by atoms with Gasteiger partial charge in [-0.1, -0.05) is 24.3 Å². The smallest absolute Gasteiger partial charge is 0.270 e. The maximum Gasteiger partial charge on any atom is 0.270 e. The highest BCUT2D eigenvalue weighted by Gasteiger charge is 2.47. The van der Waals surface area contributed by atoms with E-state index in [1.54, 1.807) is 0 Å². The molecule has 2 fully saturated rings. The predicted molar refractivity (Wildman–Crippen MR) is 108 cm³/mol. The van der Waals surface area contributed by atoms with Gasteiger partial charge in [-0.05, 0) is 5.56 Å². The zero-order valence-electron chi connectivity index (χ0n) is 17.6. The second-order valence-electron chi connectivity index (χ2n) is 7.95. The van der Waals surface area contributed by atoms with Crippen molar-refractivity contribution >= 4 is 17.6 Å². The first-order chi connectivity index (χ1) is 15.2. The first-order valence-electron chi connectivity index (χ1n) is 10.0. The van der Waals surface area contributed by atoms with Crippen LogP contribution in [0, 0.1) is 11.7 Å². The first-order valence-corrected chi connectivity index (χ1v) is 10.0. The molecule has 1 aromatic heterocycles. The molecule has 4 rings (SSSR count). The number of carbonyl (C=O) groups excluding carboxylic acids is 2. The van der Waals surface area contributed by atoms with Crippen molar-refractivity contribution in [2.45, 2.75) is 25.4 Å². The summed E-state index contributed by atoms with van der Waals surface area (Å²) in [6, 6.07) is 5.84. The fourth-order valence-corrected chi connectivity index (χ4v) is 3.83. The Morgan fingerprint density at radius 1 is 1.22 bits per heavy atom. The van der Waals surface area contributed by atoms with Crippen molar-refractivity contribution in [1.29, 1.82) is 0 Å². The van der Waals surface area contributed by atoms with Crippen LogP contribution in [0.1, 0.15) is 18.1 Å². The highest BCUT2D eigenvalue weighted by molar-refractivity contribution is 6.06. The van der Waals surface area contributed by atoms with Gasteiger partial charge in [0.05, 0.1) is 26.5 Å². The van der Waals surface area contributed by atoms with Gasteiger partial charge in [-0.15, -0.1) is 0 Å². The molecule has 2 aliphatic heterocycles. The summed E-state index contributed by atoms with van der Waals surface area (Å²) in [5.74, 6) is -4.93. The van der Waals surface area contributed by atoms with Gasteiger partial charge in [0, 0.05) is 31.0 Å². The molecule has 10 heteroatoms. The number of aromatic nitrogens is 1. The quantitative estimate of drug-likeness (QED) is 0.678. The number of hydrogen-bond acceptors (Lipinski definition) is 5. The molecule has 170 valence electrons. The van der Waals surface area contributed by atoms with Crippen molar-refractivity contribution in [3.05, 3.63) is 53.5 Å². The van der Waals surface area contributed by atoms with Crippen LogP contribution in [-0.2, 0) is 26.8 Å². The lowest BCUT2D eigenvalue weighted by Crippen LogP contribution is -2.65. The third-order valence-corrected chi connectivity index (χ3v) is 5.68. The molecule has 2 saturated heterocycles. The minimum absolute atomic E-state index is 0.0632. The summed E-state index contributed by atoms with van der Waals surface area (Å²) in [5.41, 5.74) is 0.463. The molecular weight excluding hydrogens is 427 g/mol. The summed E-state index contributed by atoms with van der Waals surface area (Å²) in [7, 11) is 1.37. The van der Waals surface area contributed by atoms with Crippen LogP contribution >= 0.6 is 0 Å². The number of hydrogen-bond donors (Lipinski definition) is 0. The molecule has 7 nitrogen and oxygen atoms in total. The fraction of sp³-hybridized carbons (Fsp3) is 0.409. The van der Waals surface area contributed by atoms with E-state index in [4.69, 9.17) is 9.47 Å². The molecule has 2 aromatic rings. The van der Waals surface area contributed by atoms with Crippen LogP contribution in [0.4, 0.5) is 19.0 Å². The average molecular weight is 449 g/mol. The van der Waals surface area contributed by atoms with Crippen LogP contribution in [0.3, 0.4) is 0 Å². The van der Waals surface area contributed by atoms with Gasteiger partial charge >= 0.3 is 0 Å². The van der Waals surface area contributed by atoms with Crippen molar-refractivity contribution in [3.8, 4) is 5.75 Å². The molecule has 1 aromatic carbocycles. The average Bonchev–Trinajstić information content (AvgIpc) is 2.71. The number of rotatable bonds is 6. The van der Waals surface area contributed by atoms with E-state index in [1.165, 1.54) is 42.5 Å². The van der Waals surface area contributed by atoms with Gasteiger partial charge in [-0.25, -0.2) is 18.2 Å². The van der Waals surface area contributed by atoms with Crippen LogP contribution in [0.2, 0.25) is 0 Å². The topological polar surface area (TPSA) is 72.0 Å². The van der Waals surface area contributed by atoms with Gasteiger partial charge in [0.1, 0.15) is 18.3 Å². The van der Waals surface area contributed by atoms with Crippen molar-refractivity contribution in [2.75, 3.05) is 31.8 Å². The summed E-state index contributed by atoms with van der Waals surface area (Å²) >= 11 is 0. The van der Waals surface area contributed by atoms with E-state index in [2.05, 4.69) is 4.98 Å². The molecule has 0 saturated carbocycles. The zero-order valence-corrected chi connectivity index (χ0v) is 17.6. The summed E-state index contributed by atoms with van der Waals surface area (Å²) in [4.78, 5) is 32.8. The normalized spacial score (nSPS) is 19.8. The molecule has 0 radical (unpaired) electrons. The maximum absolute atomic E-state index is 14.6. The number of anilines is 1. The van der Waals surface area contributed by atoms with Crippen LogP contribution in [0.15, 0.2) is 36.5 Å². The van der Waals surface area contributed by atoms with Gasteiger partial charge in [0.15, 0.2) is 11.6 Å². The van der Waals surface area contributed by atoms with E-state index < -0.39 is 29.6 Å².